The van der Waals surface area contributed by atoms with Gasteiger partial charge in [-0.3, -0.25) is 0 Å². The zero-order valence-electron chi connectivity index (χ0n) is 14.4. The molecule has 1 aliphatic rings. The van der Waals surface area contributed by atoms with Gasteiger partial charge in [-0.05, 0) is 32.6 Å². The molecule has 0 radical (unpaired) electrons. The Hall–Kier alpha value is -1.25. The number of halogens is 6. The van der Waals surface area contributed by atoms with Crippen molar-refractivity contribution in [3.05, 3.63) is 0 Å². The first-order chi connectivity index (χ1) is 12.5. The van der Waals surface area contributed by atoms with Crippen molar-refractivity contribution in [2.24, 2.45) is 0 Å². The molecule has 166 valence electrons. The number of sulfone groups is 2. The molecule has 0 heterocycles. The number of ether oxygens (including phenoxy) is 2. The highest BCUT2D eigenvalue weighted by molar-refractivity contribution is 8.09. The molecular formula is C13H18F6O7S2. The van der Waals surface area contributed by atoms with Crippen LogP contribution >= 0.6 is 0 Å². The van der Waals surface area contributed by atoms with E-state index in [9.17, 15) is 48.0 Å². The molecule has 0 spiro atoms. The molecule has 0 aromatic heterocycles. The Labute approximate surface area is 157 Å². The van der Waals surface area contributed by atoms with Crippen molar-refractivity contribution in [3.63, 3.8) is 0 Å². The number of rotatable bonds is 6. The lowest BCUT2D eigenvalue weighted by Gasteiger charge is -2.25. The highest BCUT2D eigenvalue weighted by atomic mass is 32.3. The lowest BCUT2D eigenvalue weighted by atomic mass is 9.98. The zero-order chi connectivity index (χ0) is 22.0. The van der Waals surface area contributed by atoms with Crippen molar-refractivity contribution in [1.29, 1.82) is 0 Å². The van der Waals surface area contributed by atoms with E-state index in [-0.39, 0.29) is 0 Å². The van der Waals surface area contributed by atoms with Crippen molar-refractivity contribution in [2.75, 3.05) is 0 Å². The molecule has 7 nitrogen and oxygen atoms in total. The second-order valence-electron chi connectivity index (χ2n) is 6.20. The van der Waals surface area contributed by atoms with Crippen LogP contribution in [0.5, 0.6) is 0 Å². The summed E-state index contributed by atoms with van der Waals surface area (Å²) in [5.74, 6) is 0. The summed E-state index contributed by atoms with van der Waals surface area (Å²) in [6.45, 7) is 0.757. The lowest BCUT2D eigenvalue weighted by molar-refractivity contribution is -0.0479. The van der Waals surface area contributed by atoms with E-state index in [2.05, 4.69) is 4.74 Å². The molecule has 1 fully saturated rings. The van der Waals surface area contributed by atoms with Gasteiger partial charge in [-0.15, -0.1) is 0 Å². The summed E-state index contributed by atoms with van der Waals surface area (Å²) in [6, 6.07) is 0. The predicted octanol–water partition coefficient (Wildman–Crippen LogP) is 3.45. The van der Waals surface area contributed by atoms with Crippen LogP contribution in [0.4, 0.5) is 31.1 Å². The van der Waals surface area contributed by atoms with E-state index in [4.69, 9.17) is 4.74 Å². The van der Waals surface area contributed by atoms with Crippen molar-refractivity contribution >= 4 is 25.8 Å². The van der Waals surface area contributed by atoms with Gasteiger partial charge >= 0.3 is 17.2 Å². The van der Waals surface area contributed by atoms with Crippen LogP contribution in [-0.2, 0) is 29.1 Å². The molecule has 0 aliphatic heterocycles. The van der Waals surface area contributed by atoms with Crippen LogP contribution in [0.25, 0.3) is 0 Å². The Morgan fingerprint density at radius 1 is 0.929 bits per heavy atom. The molecule has 0 saturated heterocycles. The van der Waals surface area contributed by atoms with Gasteiger partial charge in [-0.1, -0.05) is 6.42 Å². The summed E-state index contributed by atoms with van der Waals surface area (Å²) in [7, 11) is -13.6. The molecule has 1 aliphatic carbocycles. The Balaban J connectivity index is 2.99. The Morgan fingerprint density at radius 2 is 1.36 bits per heavy atom. The van der Waals surface area contributed by atoms with Gasteiger partial charge in [0.2, 0.25) is 0 Å². The first-order valence-corrected chi connectivity index (χ1v) is 11.1. The Bertz CT molecular complexity index is 707. The molecule has 0 N–H and O–H groups in total. The van der Waals surface area contributed by atoms with Gasteiger partial charge in [0.15, 0.2) is 4.58 Å². The predicted molar refractivity (Wildman–Crippen MR) is 82.3 cm³/mol. The maximum atomic E-state index is 12.7. The van der Waals surface area contributed by atoms with Gasteiger partial charge in [-0.2, -0.15) is 26.3 Å². The van der Waals surface area contributed by atoms with E-state index >= 15 is 0 Å². The highest BCUT2D eigenvalue weighted by Gasteiger charge is 2.63. The maximum Gasteiger partial charge on any atom is 0.508 e. The summed E-state index contributed by atoms with van der Waals surface area (Å²) in [4.78, 5) is 11.6. The topological polar surface area (TPSA) is 104 Å². The normalized spacial score (nSPS) is 18.7. The Morgan fingerprint density at radius 3 is 1.75 bits per heavy atom. The molecule has 0 amide bonds. The molecule has 1 rings (SSSR count). The van der Waals surface area contributed by atoms with Crippen molar-refractivity contribution < 1.29 is 57.4 Å². The molecule has 15 heteroatoms. The number of hydrogen-bond donors (Lipinski definition) is 0. The molecular weight excluding hydrogens is 446 g/mol. The van der Waals surface area contributed by atoms with E-state index in [1.54, 1.807) is 0 Å². The fourth-order valence-corrected chi connectivity index (χ4v) is 6.18. The lowest BCUT2D eigenvalue weighted by Crippen LogP contribution is -2.46. The number of carbonyl (C=O) groups excluding carboxylic acids is 1. The van der Waals surface area contributed by atoms with Crippen LogP contribution in [0.2, 0.25) is 0 Å². The minimum absolute atomic E-state index is 0.483. The van der Waals surface area contributed by atoms with Crippen molar-refractivity contribution in [1.82, 2.24) is 0 Å². The van der Waals surface area contributed by atoms with Gasteiger partial charge in [0, 0.05) is 6.42 Å². The molecule has 0 bridgehead atoms. The van der Waals surface area contributed by atoms with Crippen molar-refractivity contribution in [2.45, 2.75) is 73.3 Å². The third kappa shape index (κ3) is 5.87. The van der Waals surface area contributed by atoms with Crippen LogP contribution in [0.1, 0.15) is 45.4 Å². The molecule has 28 heavy (non-hydrogen) atoms. The van der Waals surface area contributed by atoms with Gasteiger partial charge in [-0.25, -0.2) is 21.6 Å². The smallest absolute Gasteiger partial charge is 0.431 e. The molecule has 1 unspecified atom stereocenters. The summed E-state index contributed by atoms with van der Waals surface area (Å²) >= 11 is 0. The minimum atomic E-state index is -6.78. The zero-order valence-corrected chi connectivity index (χ0v) is 16.0. The van der Waals surface area contributed by atoms with Crippen LogP contribution in [0, 0.1) is 0 Å². The van der Waals surface area contributed by atoms with Crippen LogP contribution in [-0.4, -0.2) is 50.8 Å². The number of alkyl halides is 6. The quantitative estimate of drug-likeness (QED) is 0.438. The van der Waals surface area contributed by atoms with Gasteiger partial charge in [0.05, 0.1) is 0 Å². The van der Waals surface area contributed by atoms with Crippen LogP contribution in [0.3, 0.4) is 0 Å². The first-order valence-electron chi connectivity index (χ1n) is 7.97. The van der Waals surface area contributed by atoms with Gasteiger partial charge in [0.1, 0.15) is 12.2 Å². The standard InChI is InChI=1S/C13H18F6O7S2/c1-8(25-11(20)26-9-5-3-2-4-6-9)7-10(27(21,22)12(14,15)16)28(23,24)13(17,18)19/h8-10H,2-7H2,1H3. The second kappa shape index (κ2) is 8.63. The van der Waals surface area contributed by atoms with E-state index in [1.165, 1.54) is 0 Å². The summed E-state index contributed by atoms with van der Waals surface area (Å²) in [5.41, 5.74) is -12.5. The average Bonchev–Trinajstić information content (AvgIpc) is 2.50. The van der Waals surface area contributed by atoms with Crippen molar-refractivity contribution in [3.8, 4) is 0 Å². The summed E-state index contributed by atoms with van der Waals surface area (Å²) in [5, 5.41) is 0. The SMILES string of the molecule is CC(CC(S(=O)(=O)C(F)(F)F)S(=O)(=O)C(F)(F)F)OC(=O)OC1CCCCC1. The number of carbonyl (C=O) groups is 1. The van der Waals surface area contributed by atoms with E-state index in [1.807, 2.05) is 0 Å². The fraction of sp³-hybridized carbons (Fsp3) is 0.923. The maximum absolute atomic E-state index is 12.7. The third-order valence-corrected chi connectivity index (χ3v) is 8.55. The average molecular weight is 464 g/mol. The van der Waals surface area contributed by atoms with E-state index in [0.717, 1.165) is 26.2 Å². The molecule has 0 aromatic carbocycles. The molecule has 0 aromatic rings. The van der Waals surface area contributed by atoms with E-state index in [0.29, 0.717) is 12.8 Å². The second-order valence-corrected chi connectivity index (χ2v) is 10.7. The minimum Gasteiger partial charge on any atom is -0.431 e. The van der Waals surface area contributed by atoms with Crippen LogP contribution in [0.15, 0.2) is 0 Å². The van der Waals surface area contributed by atoms with E-state index < -0.39 is 60.1 Å². The highest BCUT2D eigenvalue weighted by Crippen LogP contribution is 2.38. The fourth-order valence-electron chi connectivity index (χ4n) is 2.55. The Kier molecular flexibility index (Phi) is 7.64. The first kappa shape index (κ1) is 24.8. The third-order valence-electron chi connectivity index (χ3n) is 3.97. The number of hydrogen-bond acceptors (Lipinski definition) is 7. The molecule has 1 saturated carbocycles. The van der Waals surface area contributed by atoms with Crippen LogP contribution < -0.4 is 0 Å². The summed E-state index contributed by atoms with van der Waals surface area (Å²) in [6.07, 6.45) is -2.34. The van der Waals surface area contributed by atoms with Gasteiger partial charge in [0.25, 0.3) is 19.7 Å². The monoisotopic (exact) mass is 464 g/mol. The summed E-state index contributed by atoms with van der Waals surface area (Å²) < 4.78 is 127. The molecule has 1 atom stereocenters. The largest absolute Gasteiger partial charge is 0.508 e. The van der Waals surface area contributed by atoms with Gasteiger partial charge < -0.3 is 9.47 Å².